The van der Waals surface area contributed by atoms with E-state index in [1.807, 2.05) is 19.1 Å². The number of imide groups is 1. The molecule has 1 aromatic carbocycles. The van der Waals surface area contributed by atoms with Crippen molar-refractivity contribution in [3.05, 3.63) is 46.0 Å². The van der Waals surface area contributed by atoms with Crippen molar-refractivity contribution in [3.63, 3.8) is 0 Å². The minimum atomic E-state index is -0.118. The van der Waals surface area contributed by atoms with Gasteiger partial charge in [0.25, 0.3) is 0 Å². The highest BCUT2D eigenvalue weighted by atomic mass is 32.1. The summed E-state index contributed by atoms with van der Waals surface area (Å²) in [5.41, 5.74) is 5.32. The maximum atomic E-state index is 12.2. The molecule has 1 aliphatic heterocycles. The molecule has 29 heavy (non-hydrogen) atoms. The number of phenolic OH excluding ortho intramolecular Hbond substituents is 1. The minimum Gasteiger partial charge on any atom is -0.508 e. The van der Waals surface area contributed by atoms with Gasteiger partial charge in [0.15, 0.2) is 0 Å². The van der Waals surface area contributed by atoms with Crippen LogP contribution >= 0.6 is 11.3 Å². The number of aryl methyl sites for hydroxylation is 2. The van der Waals surface area contributed by atoms with Crippen LogP contribution < -0.4 is 0 Å². The predicted octanol–water partition coefficient (Wildman–Crippen LogP) is 4.51. The molecule has 1 N–H and O–H groups in total. The average Bonchev–Trinajstić information content (AvgIpc) is 3.24. The van der Waals surface area contributed by atoms with Crippen molar-refractivity contribution in [3.8, 4) is 16.9 Å². The number of aromatic nitrogens is 1. The van der Waals surface area contributed by atoms with Gasteiger partial charge >= 0.3 is 0 Å². The van der Waals surface area contributed by atoms with Gasteiger partial charge in [-0.2, -0.15) is 0 Å². The zero-order valence-electron chi connectivity index (χ0n) is 16.3. The van der Waals surface area contributed by atoms with Gasteiger partial charge in [-0.3, -0.25) is 14.5 Å². The van der Waals surface area contributed by atoms with E-state index in [-0.39, 0.29) is 37.0 Å². The highest BCUT2D eigenvalue weighted by Crippen LogP contribution is 2.43. The van der Waals surface area contributed by atoms with Gasteiger partial charge < -0.3 is 5.11 Å². The molecule has 1 saturated heterocycles. The molecule has 1 fully saturated rings. The predicted molar refractivity (Wildman–Crippen MR) is 113 cm³/mol. The Morgan fingerprint density at radius 3 is 2.45 bits per heavy atom. The van der Waals surface area contributed by atoms with E-state index in [4.69, 9.17) is 4.98 Å². The van der Waals surface area contributed by atoms with Crippen molar-refractivity contribution in [1.82, 2.24) is 9.88 Å². The Morgan fingerprint density at radius 1 is 1.03 bits per heavy atom. The lowest BCUT2D eigenvalue weighted by molar-refractivity contribution is -0.139. The van der Waals surface area contributed by atoms with Crippen LogP contribution in [0.4, 0.5) is 0 Å². The molecule has 3 aromatic rings. The Kier molecular flexibility index (Phi) is 4.39. The molecule has 6 heteroatoms. The number of hydrogen-bond donors (Lipinski definition) is 1. The molecule has 0 atom stereocenters. The maximum absolute atomic E-state index is 12.2. The van der Waals surface area contributed by atoms with Crippen molar-refractivity contribution in [2.24, 2.45) is 0 Å². The zero-order chi connectivity index (χ0) is 20.1. The van der Waals surface area contributed by atoms with Crippen LogP contribution in [0.5, 0.6) is 5.75 Å². The molecule has 2 aromatic heterocycles. The van der Waals surface area contributed by atoms with Crippen molar-refractivity contribution >= 4 is 33.4 Å². The van der Waals surface area contributed by atoms with E-state index in [0.29, 0.717) is 0 Å². The van der Waals surface area contributed by atoms with Crippen LogP contribution in [0.3, 0.4) is 0 Å². The fourth-order valence-corrected chi connectivity index (χ4v) is 5.81. The molecule has 0 saturated carbocycles. The highest BCUT2D eigenvalue weighted by Gasteiger charge is 2.31. The molecule has 2 aliphatic rings. The molecule has 1 aliphatic carbocycles. The van der Waals surface area contributed by atoms with E-state index in [0.717, 1.165) is 40.1 Å². The summed E-state index contributed by atoms with van der Waals surface area (Å²) >= 11 is 1.75. The van der Waals surface area contributed by atoms with E-state index in [9.17, 15) is 14.7 Å². The van der Waals surface area contributed by atoms with E-state index in [2.05, 4.69) is 0 Å². The molecule has 0 radical (unpaired) electrons. The average molecular weight is 407 g/mol. The second-order valence-electron chi connectivity index (χ2n) is 7.87. The number of fused-ring (bicyclic) bond motifs is 3. The highest BCUT2D eigenvalue weighted by molar-refractivity contribution is 7.19. The zero-order valence-corrected chi connectivity index (χ0v) is 17.1. The lowest BCUT2D eigenvalue weighted by Gasteiger charge is -2.19. The van der Waals surface area contributed by atoms with Crippen LogP contribution in [0.25, 0.3) is 21.3 Å². The molecule has 148 valence electrons. The van der Waals surface area contributed by atoms with Gasteiger partial charge in [0, 0.05) is 23.1 Å². The van der Waals surface area contributed by atoms with Crippen LogP contribution in [-0.2, 0) is 29.0 Å². The number of aromatic hydroxyl groups is 1. The quantitative estimate of drug-likeness (QED) is 0.650. The second kappa shape index (κ2) is 6.95. The van der Waals surface area contributed by atoms with Crippen molar-refractivity contribution < 1.29 is 14.7 Å². The molecule has 0 bridgehead atoms. The van der Waals surface area contributed by atoms with E-state index in [1.54, 1.807) is 23.5 Å². The summed E-state index contributed by atoms with van der Waals surface area (Å²) in [7, 11) is 0. The summed E-state index contributed by atoms with van der Waals surface area (Å²) in [6.45, 7) is 2.26. The molecule has 5 nitrogen and oxygen atoms in total. The smallest absolute Gasteiger partial charge is 0.230 e. The SMILES string of the molecule is Cc1c(CN2C(=O)CCC2=O)nc2sc3c(c2c1-c1ccc(O)cc1)CCCC3. The van der Waals surface area contributed by atoms with Crippen LogP contribution in [0, 0.1) is 6.92 Å². The third-order valence-electron chi connectivity index (χ3n) is 6.07. The fraction of sp³-hybridized carbons (Fsp3) is 0.348. The normalized spacial score (nSPS) is 16.7. The second-order valence-corrected chi connectivity index (χ2v) is 8.95. The molecule has 2 amide bonds. The van der Waals surface area contributed by atoms with Crippen LogP contribution in [0.1, 0.15) is 47.4 Å². The number of nitrogens with zero attached hydrogens (tertiary/aromatic N) is 2. The third-order valence-corrected chi connectivity index (χ3v) is 7.25. The maximum Gasteiger partial charge on any atom is 0.230 e. The first-order valence-electron chi connectivity index (χ1n) is 10.1. The third kappa shape index (κ3) is 3.02. The summed E-state index contributed by atoms with van der Waals surface area (Å²) in [5, 5.41) is 11.0. The van der Waals surface area contributed by atoms with Crippen LogP contribution in [0.2, 0.25) is 0 Å². The van der Waals surface area contributed by atoms with Crippen LogP contribution in [0.15, 0.2) is 24.3 Å². The number of likely N-dealkylation sites (tertiary alicyclic amines) is 1. The number of rotatable bonds is 3. The Bertz CT molecular complexity index is 1130. The monoisotopic (exact) mass is 406 g/mol. The van der Waals surface area contributed by atoms with Gasteiger partial charge in [0.1, 0.15) is 10.6 Å². The molecular formula is C23H22N2O3S. The van der Waals surface area contributed by atoms with Gasteiger partial charge in [-0.25, -0.2) is 4.98 Å². The first-order chi connectivity index (χ1) is 14.0. The van der Waals surface area contributed by atoms with E-state index in [1.165, 1.54) is 33.6 Å². The first kappa shape index (κ1) is 18.3. The molecule has 3 heterocycles. The number of phenols is 1. The number of amides is 2. The largest absolute Gasteiger partial charge is 0.508 e. The topological polar surface area (TPSA) is 70.5 Å². The Morgan fingerprint density at radius 2 is 1.72 bits per heavy atom. The van der Waals surface area contributed by atoms with Gasteiger partial charge in [-0.05, 0) is 67.0 Å². The Labute approximate surface area is 173 Å². The number of pyridine rings is 1. The van der Waals surface area contributed by atoms with E-state index < -0.39 is 0 Å². The summed E-state index contributed by atoms with van der Waals surface area (Å²) in [6, 6.07) is 7.26. The lowest BCUT2D eigenvalue weighted by atomic mass is 9.90. The number of carbonyl (C=O) groups is 2. The summed E-state index contributed by atoms with van der Waals surface area (Å²) in [5.74, 6) is -0.00144. The molecule has 5 rings (SSSR count). The summed E-state index contributed by atoms with van der Waals surface area (Å²) < 4.78 is 0. The molecule has 0 unspecified atom stereocenters. The number of carbonyl (C=O) groups excluding carboxylic acids is 2. The Hall–Kier alpha value is -2.73. The molecular weight excluding hydrogens is 384 g/mol. The standard InChI is InChI=1S/C23H22N2O3S/c1-13-17(12-25-19(27)10-11-20(25)28)24-23-22(16-4-2-3-5-18(16)29-23)21(13)14-6-8-15(26)9-7-14/h6-9,26H,2-5,10-12H2,1H3. The first-order valence-corrected chi connectivity index (χ1v) is 10.9. The summed E-state index contributed by atoms with van der Waals surface area (Å²) in [4.78, 5) is 33.0. The van der Waals surface area contributed by atoms with Gasteiger partial charge in [-0.1, -0.05) is 12.1 Å². The van der Waals surface area contributed by atoms with Crippen LogP contribution in [-0.4, -0.2) is 26.8 Å². The van der Waals surface area contributed by atoms with Crippen molar-refractivity contribution in [1.29, 1.82) is 0 Å². The van der Waals surface area contributed by atoms with E-state index >= 15 is 0 Å². The minimum absolute atomic E-state index is 0.118. The van der Waals surface area contributed by atoms with Gasteiger partial charge in [0.05, 0.1) is 12.2 Å². The number of hydrogen-bond acceptors (Lipinski definition) is 5. The summed E-state index contributed by atoms with van der Waals surface area (Å²) in [6.07, 6.45) is 5.12. The van der Waals surface area contributed by atoms with Gasteiger partial charge in [0.2, 0.25) is 11.8 Å². The fourth-order valence-electron chi connectivity index (χ4n) is 4.52. The molecule has 0 spiro atoms. The van der Waals surface area contributed by atoms with Crippen molar-refractivity contribution in [2.45, 2.75) is 52.0 Å². The lowest BCUT2D eigenvalue weighted by Crippen LogP contribution is -2.29. The van der Waals surface area contributed by atoms with Gasteiger partial charge in [-0.15, -0.1) is 11.3 Å². The number of benzene rings is 1. The van der Waals surface area contributed by atoms with Crippen molar-refractivity contribution in [2.75, 3.05) is 0 Å². The Balaban J connectivity index is 1.73. The number of thiophene rings is 1.